The highest BCUT2D eigenvalue weighted by Gasteiger charge is 2.31. The average molecular weight is 405 g/mol. The lowest BCUT2D eigenvalue weighted by atomic mass is 10.2. The zero-order chi connectivity index (χ0) is 17.2. The molecule has 1 aromatic carbocycles. The molecule has 7 nitrogen and oxygen atoms in total. The summed E-state index contributed by atoms with van der Waals surface area (Å²) in [6.45, 7) is 1.42. The zero-order valence-electron chi connectivity index (χ0n) is 12.4. The summed E-state index contributed by atoms with van der Waals surface area (Å²) in [6.07, 6.45) is -0.683. The molecule has 1 saturated heterocycles. The van der Waals surface area contributed by atoms with E-state index >= 15 is 0 Å². The SMILES string of the molecule is C[C@@H](OC(=O)c1cc(Br)ccc1N)C(=O)N[C@H]1CCS(=O)(=O)C1. The molecule has 0 unspecified atom stereocenters. The van der Waals surface area contributed by atoms with Crippen LogP contribution in [0.2, 0.25) is 0 Å². The summed E-state index contributed by atoms with van der Waals surface area (Å²) in [5, 5.41) is 2.58. The molecule has 23 heavy (non-hydrogen) atoms. The summed E-state index contributed by atoms with van der Waals surface area (Å²) in [6, 6.07) is 4.30. The number of carbonyl (C=O) groups excluding carboxylic acids is 2. The molecule has 1 aliphatic heterocycles. The van der Waals surface area contributed by atoms with E-state index < -0.39 is 33.9 Å². The number of ether oxygens (including phenoxy) is 1. The van der Waals surface area contributed by atoms with Gasteiger partial charge < -0.3 is 15.8 Å². The van der Waals surface area contributed by atoms with Crippen LogP contribution in [0.1, 0.15) is 23.7 Å². The Morgan fingerprint density at radius 2 is 2.13 bits per heavy atom. The van der Waals surface area contributed by atoms with E-state index in [1.807, 2.05) is 0 Å². The van der Waals surface area contributed by atoms with Gasteiger partial charge >= 0.3 is 5.97 Å². The summed E-state index contributed by atoms with van der Waals surface area (Å²) in [5.74, 6) is -1.28. The lowest BCUT2D eigenvalue weighted by Crippen LogP contribution is -2.42. The Morgan fingerprint density at radius 1 is 1.43 bits per heavy atom. The molecule has 0 aromatic heterocycles. The van der Waals surface area contributed by atoms with E-state index in [0.717, 1.165) is 0 Å². The van der Waals surface area contributed by atoms with Crippen molar-refractivity contribution in [2.75, 3.05) is 17.2 Å². The Bertz CT molecular complexity index is 735. The standard InChI is InChI=1S/C14H17BrN2O5S/c1-8(13(18)17-10-4-5-23(20,21)7-10)22-14(19)11-6-9(15)2-3-12(11)16/h2-3,6,8,10H,4-5,7,16H2,1H3,(H,17,18)/t8-,10+/m1/s1. The van der Waals surface area contributed by atoms with Crippen molar-refractivity contribution in [1.29, 1.82) is 0 Å². The maximum atomic E-state index is 12.1. The highest BCUT2D eigenvalue weighted by molar-refractivity contribution is 9.10. The quantitative estimate of drug-likeness (QED) is 0.568. The molecule has 0 bridgehead atoms. The lowest BCUT2D eigenvalue weighted by Gasteiger charge is -2.17. The van der Waals surface area contributed by atoms with Gasteiger partial charge in [0.1, 0.15) is 0 Å². The van der Waals surface area contributed by atoms with Crippen LogP contribution in [0.25, 0.3) is 0 Å². The molecular weight excluding hydrogens is 388 g/mol. The summed E-state index contributed by atoms with van der Waals surface area (Å²) in [5.41, 5.74) is 6.11. The predicted molar refractivity (Wildman–Crippen MR) is 88.6 cm³/mol. The smallest absolute Gasteiger partial charge is 0.341 e. The Morgan fingerprint density at radius 3 is 2.74 bits per heavy atom. The molecule has 0 spiro atoms. The number of nitrogens with two attached hydrogens (primary N) is 1. The minimum absolute atomic E-state index is 0.0562. The predicted octanol–water partition coefficient (Wildman–Crippen LogP) is 0.880. The number of nitrogen functional groups attached to an aromatic ring is 1. The number of amides is 1. The number of halogens is 1. The molecule has 0 saturated carbocycles. The van der Waals surface area contributed by atoms with Gasteiger partial charge in [-0.2, -0.15) is 0 Å². The topological polar surface area (TPSA) is 116 Å². The number of nitrogens with one attached hydrogen (secondary N) is 1. The summed E-state index contributed by atoms with van der Waals surface area (Å²) < 4.78 is 28.5. The zero-order valence-corrected chi connectivity index (χ0v) is 14.8. The van der Waals surface area contributed by atoms with Crippen LogP contribution in [0, 0.1) is 0 Å². The van der Waals surface area contributed by atoms with Crippen molar-refractivity contribution in [2.45, 2.75) is 25.5 Å². The Labute approximate surface area is 142 Å². The second kappa shape index (κ2) is 6.88. The fourth-order valence-corrected chi connectivity index (χ4v) is 4.24. The molecule has 1 aliphatic rings. The van der Waals surface area contributed by atoms with Gasteiger partial charge in [0.25, 0.3) is 5.91 Å². The normalized spacial score (nSPS) is 20.7. The molecule has 0 aliphatic carbocycles. The molecule has 1 aromatic rings. The molecule has 2 rings (SSSR count). The molecule has 1 fully saturated rings. The van der Waals surface area contributed by atoms with Gasteiger partial charge in [-0.1, -0.05) is 15.9 Å². The Balaban J connectivity index is 1.95. The van der Waals surface area contributed by atoms with Crippen molar-refractivity contribution < 1.29 is 22.7 Å². The van der Waals surface area contributed by atoms with Crippen LogP contribution < -0.4 is 11.1 Å². The van der Waals surface area contributed by atoms with Gasteiger partial charge in [0.05, 0.1) is 17.1 Å². The van der Waals surface area contributed by atoms with Gasteiger partial charge in [0, 0.05) is 16.2 Å². The van der Waals surface area contributed by atoms with Crippen LogP contribution in [-0.4, -0.2) is 43.9 Å². The second-order valence-electron chi connectivity index (χ2n) is 5.39. The summed E-state index contributed by atoms with van der Waals surface area (Å²) >= 11 is 3.23. The molecule has 1 amide bonds. The molecule has 126 valence electrons. The van der Waals surface area contributed by atoms with Crippen LogP contribution in [0.3, 0.4) is 0 Å². The molecule has 1 heterocycles. The van der Waals surface area contributed by atoms with E-state index in [-0.39, 0.29) is 22.8 Å². The van der Waals surface area contributed by atoms with Crippen LogP contribution in [-0.2, 0) is 19.4 Å². The molecule has 3 N–H and O–H groups in total. The van der Waals surface area contributed by atoms with Crippen molar-refractivity contribution in [1.82, 2.24) is 5.32 Å². The van der Waals surface area contributed by atoms with Crippen molar-refractivity contribution in [3.8, 4) is 0 Å². The van der Waals surface area contributed by atoms with E-state index in [9.17, 15) is 18.0 Å². The second-order valence-corrected chi connectivity index (χ2v) is 8.53. The van der Waals surface area contributed by atoms with Crippen LogP contribution in [0.5, 0.6) is 0 Å². The molecule has 2 atom stereocenters. The monoisotopic (exact) mass is 404 g/mol. The third-order valence-electron chi connectivity index (χ3n) is 3.47. The van der Waals surface area contributed by atoms with Gasteiger partial charge in [-0.3, -0.25) is 4.79 Å². The molecule has 9 heteroatoms. The maximum absolute atomic E-state index is 12.1. The highest BCUT2D eigenvalue weighted by atomic mass is 79.9. The number of sulfone groups is 1. The largest absolute Gasteiger partial charge is 0.449 e. The number of rotatable bonds is 4. The van der Waals surface area contributed by atoms with Gasteiger partial charge in [0.15, 0.2) is 15.9 Å². The minimum atomic E-state index is -3.09. The number of carbonyl (C=O) groups is 2. The van der Waals surface area contributed by atoms with Crippen molar-refractivity contribution in [3.63, 3.8) is 0 Å². The molecule has 0 radical (unpaired) electrons. The maximum Gasteiger partial charge on any atom is 0.341 e. The van der Waals surface area contributed by atoms with Gasteiger partial charge in [-0.25, -0.2) is 13.2 Å². The van der Waals surface area contributed by atoms with Crippen molar-refractivity contribution in [2.24, 2.45) is 0 Å². The van der Waals surface area contributed by atoms with Gasteiger partial charge in [0.2, 0.25) is 0 Å². The first-order valence-electron chi connectivity index (χ1n) is 6.95. The minimum Gasteiger partial charge on any atom is -0.449 e. The highest BCUT2D eigenvalue weighted by Crippen LogP contribution is 2.20. The first-order valence-corrected chi connectivity index (χ1v) is 9.56. The Hall–Kier alpha value is -1.61. The van der Waals surface area contributed by atoms with E-state index in [1.165, 1.54) is 13.0 Å². The third-order valence-corrected chi connectivity index (χ3v) is 5.73. The number of esters is 1. The van der Waals surface area contributed by atoms with E-state index in [4.69, 9.17) is 10.5 Å². The van der Waals surface area contributed by atoms with Crippen LogP contribution >= 0.6 is 15.9 Å². The van der Waals surface area contributed by atoms with E-state index in [2.05, 4.69) is 21.2 Å². The average Bonchev–Trinajstić information content (AvgIpc) is 2.80. The van der Waals surface area contributed by atoms with Gasteiger partial charge in [-0.15, -0.1) is 0 Å². The van der Waals surface area contributed by atoms with Crippen LogP contribution in [0.4, 0.5) is 5.69 Å². The van der Waals surface area contributed by atoms with Gasteiger partial charge in [-0.05, 0) is 31.5 Å². The first kappa shape index (κ1) is 17.7. The summed E-state index contributed by atoms with van der Waals surface area (Å²) in [4.78, 5) is 24.1. The Kier molecular flexibility index (Phi) is 5.30. The number of benzene rings is 1. The van der Waals surface area contributed by atoms with Crippen molar-refractivity contribution in [3.05, 3.63) is 28.2 Å². The summed E-state index contributed by atoms with van der Waals surface area (Å²) in [7, 11) is -3.09. The molecular formula is C14H17BrN2O5S. The van der Waals surface area contributed by atoms with E-state index in [0.29, 0.717) is 10.9 Å². The third kappa shape index (κ3) is 4.68. The fourth-order valence-electron chi connectivity index (χ4n) is 2.21. The number of anilines is 1. The number of hydrogen-bond donors (Lipinski definition) is 2. The van der Waals surface area contributed by atoms with Crippen LogP contribution in [0.15, 0.2) is 22.7 Å². The fraction of sp³-hybridized carbons (Fsp3) is 0.429. The first-order chi connectivity index (χ1) is 10.7. The van der Waals surface area contributed by atoms with Crippen molar-refractivity contribution >= 4 is 43.3 Å². The number of hydrogen-bond acceptors (Lipinski definition) is 6. The van der Waals surface area contributed by atoms with E-state index in [1.54, 1.807) is 12.1 Å². The lowest BCUT2D eigenvalue weighted by molar-refractivity contribution is -0.129.